The molecule has 1 aliphatic rings. The number of Topliss-reactive ketones (excluding diaryl/α,β-unsaturated/α-hetero) is 1. The normalized spacial score (nSPS) is 14.8. The van der Waals surface area contributed by atoms with Crippen LogP contribution < -0.4 is 4.74 Å². The van der Waals surface area contributed by atoms with Crippen LogP contribution in [-0.2, 0) is 6.54 Å². The zero-order valence-corrected chi connectivity index (χ0v) is 13.8. The van der Waals surface area contributed by atoms with Gasteiger partial charge in [0.2, 0.25) is 0 Å². The van der Waals surface area contributed by atoms with Crippen LogP contribution in [0.1, 0.15) is 28.6 Å². The quantitative estimate of drug-likeness (QED) is 0.749. The summed E-state index contributed by atoms with van der Waals surface area (Å²) in [6.07, 6.45) is 0. The lowest BCUT2D eigenvalue weighted by Gasteiger charge is -2.30. The standard InChI is InChI=1S/C19H19NO4/c1-11(22)16-12(2)24-19-14-6-4-3-5-13(14)18-15(17(16)19)9-20(7-8-21)10-23-18/h3-6,21H,7-10H2,1-2H3. The fraction of sp³-hybridized carbons (Fsp3) is 0.316. The molecule has 1 aromatic heterocycles. The molecule has 0 unspecified atom stereocenters. The van der Waals surface area contributed by atoms with Crippen molar-refractivity contribution in [1.82, 2.24) is 4.90 Å². The third-order valence-corrected chi connectivity index (χ3v) is 4.62. The number of hydrogen-bond donors (Lipinski definition) is 1. The predicted octanol–water partition coefficient (Wildman–Crippen LogP) is 3.24. The molecule has 5 nitrogen and oxygen atoms in total. The maximum Gasteiger partial charge on any atom is 0.163 e. The van der Waals surface area contributed by atoms with Crippen LogP contribution in [0.15, 0.2) is 28.7 Å². The first-order valence-corrected chi connectivity index (χ1v) is 8.05. The molecule has 1 aliphatic heterocycles. The van der Waals surface area contributed by atoms with E-state index in [4.69, 9.17) is 9.15 Å². The van der Waals surface area contributed by atoms with Crippen LogP contribution in [0.5, 0.6) is 5.75 Å². The van der Waals surface area contributed by atoms with Crippen LogP contribution in [0.4, 0.5) is 0 Å². The molecule has 2 heterocycles. The number of carbonyl (C=O) groups is 1. The summed E-state index contributed by atoms with van der Waals surface area (Å²) in [5.41, 5.74) is 2.33. The molecule has 24 heavy (non-hydrogen) atoms. The second-order valence-electron chi connectivity index (χ2n) is 6.20. The second kappa shape index (κ2) is 5.61. The molecule has 4 rings (SSSR count). The van der Waals surface area contributed by atoms with Gasteiger partial charge in [-0.25, -0.2) is 0 Å². The summed E-state index contributed by atoms with van der Waals surface area (Å²) in [6.45, 7) is 5.03. The summed E-state index contributed by atoms with van der Waals surface area (Å²) >= 11 is 0. The van der Waals surface area contributed by atoms with Gasteiger partial charge in [0, 0.05) is 34.8 Å². The Kier molecular flexibility index (Phi) is 3.55. The Morgan fingerprint density at radius 3 is 2.75 bits per heavy atom. The Labute approximate surface area is 139 Å². The zero-order valence-electron chi connectivity index (χ0n) is 13.8. The van der Waals surface area contributed by atoms with E-state index < -0.39 is 0 Å². The van der Waals surface area contributed by atoms with E-state index in [9.17, 15) is 9.90 Å². The van der Waals surface area contributed by atoms with E-state index in [0.29, 0.717) is 31.1 Å². The van der Waals surface area contributed by atoms with Gasteiger partial charge in [-0.15, -0.1) is 0 Å². The molecule has 0 saturated heterocycles. The largest absolute Gasteiger partial charge is 0.477 e. The van der Waals surface area contributed by atoms with Gasteiger partial charge in [0.1, 0.15) is 23.8 Å². The van der Waals surface area contributed by atoms with Crippen LogP contribution in [-0.4, -0.2) is 35.7 Å². The van der Waals surface area contributed by atoms with Gasteiger partial charge >= 0.3 is 0 Å². The molecule has 0 radical (unpaired) electrons. The highest BCUT2D eigenvalue weighted by Crippen LogP contribution is 2.43. The summed E-state index contributed by atoms with van der Waals surface area (Å²) in [5.74, 6) is 1.44. The monoisotopic (exact) mass is 325 g/mol. The SMILES string of the molecule is CC(=O)c1c(C)oc2c1c1c(c3ccccc32)OCN(CCO)C1. The fourth-order valence-corrected chi connectivity index (χ4v) is 3.63. The zero-order chi connectivity index (χ0) is 16.8. The highest BCUT2D eigenvalue weighted by molar-refractivity contribution is 6.17. The highest BCUT2D eigenvalue weighted by atomic mass is 16.5. The van der Waals surface area contributed by atoms with Crippen molar-refractivity contribution >= 4 is 27.5 Å². The number of furan rings is 1. The smallest absolute Gasteiger partial charge is 0.163 e. The number of hydrogen-bond acceptors (Lipinski definition) is 5. The molecule has 2 aromatic carbocycles. The van der Waals surface area contributed by atoms with Crippen LogP contribution in [0, 0.1) is 6.92 Å². The van der Waals surface area contributed by atoms with Gasteiger partial charge in [0.05, 0.1) is 12.2 Å². The Hall–Kier alpha value is -2.37. The number of benzene rings is 2. The van der Waals surface area contributed by atoms with Gasteiger partial charge in [0.25, 0.3) is 0 Å². The molecule has 3 aromatic rings. The van der Waals surface area contributed by atoms with Gasteiger partial charge in [-0.05, 0) is 13.8 Å². The van der Waals surface area contributed by atoms with Crippen molar-refractivity contribution in [1.29, 1.82) is 0 Å². The topological polar surface area (TPSA) is 62.9 Å². The molecule has 0 fully saturated rings. The number of aliphatic hydroxyl groups excluding tert-OH is 1. The summed E-state index contributed by atoms with van der Waals surface area (Å²) in [7, 11) is 0. The number of ketones is 1. The highest BCUT2D eigenvalue weighted by Gasteiger charge is 2.28. The lowest BCUT2D eigenvalue weighted by molar-refractivity contribution is 0.0793. The molecule has 1 N–H and O–H groups in total. The number of fused-ring (bicyclic) bond motifs is 6. The van der Waals surface area contributed by atoms with E-state index in [2.05, 4.69) is 0 Å². The molecule has 124 valence electrons. The molecule has 0 atom stereocenters. The second-order valence-corrected chi connectivity index (χ2v) is 6.20. The van der Waals surface area contributed by atoms with Crippen LogP contribution in [0.2, 0.25) is 0 Å². The minimum absolute atomic E-state index is 0.0111. The number of β-amino-alcohol motifs (C(OH)–C–C–N with tert-alkyl or cyclic N) is 1. The molecular weight excluding hydrogens is 306 g/mol. The van der Waals surface area contributed by atoms with Gasteiger partial charge < -0.3 is 14.3 Å². The molecule has 0 spiro atoms. The third-order valence-electron chi connectivity index (χ3n) is 4.62. The van der Waals surface area contributed by atoms with Gasteiger partial charge in [0.15, 0.2) is 5.78 Å². The minimum Gasteiger partial charge on any atom is -0.477 e. The average Bonchev–Trinajstić information content (AvgIpc) is 2.93. The Balaban J connectivity index is 2.11. The van der Waals surface area contributed by atoms with E-state index in [-0.39, 0.29) is 12.4 Å². The van der Waals surface area contributed by atoms with Crippen molar-refractivity contribution in [2.24, 2.45) is 0 Å². The summed E-state index contributed by atoms with van der Waals surface area (Å²) in [5, 5.41) is 12.0. The summed E-state index contributed by atoms with van der Waals surface area (Å²) in [6, 6.07) is 7.94. The van der Waals surface area contributed by atoms with E-state index in [1.165, 1.54) is 0 Å². The number of aryl methyl sites for hydroxylation is 1. The fourth-order valence-electron chi connectivity index (χ4n) is 3.63. The lowest BCUT2D eigenvalue weighted by atomic mass is 9.95. The van der Waals surface area contributed by atoms with Crippen molar-refractivity contribution in [2.45, 2.75) is 20.4 Å². The number of carbonyl (C=O) groups excluding carboxylic acids is 1. The number of rotatable bonds is 3. The van der Waals surface area contributed by atoms with Crippen molar-refractivity contribution in [3.8, 4) is 5.75 Å². The van der Waals surface area contributed by atoms with Gasteiger partial charge in [-0.1, -0.05) is 24.3 Å². The number of nitrogens with zero attached hydrogens (tertiary/aromatic N) is 1. The Bertz CT molecular complexity index is 957. The van der Waals surface area contributed by atoms with E-state index in [1.807, 2.05) is 36.1 Å². The van der Waals surface area contributed by atoms with E-state index in [0.717, 1.165) is 33.1 Å². The van der Waals surface area contributed by atoms with Gasteiger partial charge in [-0.3, -0.25) is 9.69 Å². The third kappa shape index (κ3) is 2.12. The first kappa shape index (κ1) is 15.2. The van der Waals surface area contributed by atoms with Crippen LogP contribution in [0.3, 0.4) is 0 Å². The lowest BCUT2D eigenvalue weighted by Crippen LogP contribution is -2.34. The molecule has 5 heteroatoms. The van der Waals surface area contributed by atoms with E-state index in [1.54, 1.807) is 6.92 Å². The first-order chi connectivity index (χ1) is 11.6. The Morgan fingerprint density at radius 2 is 2.04 bits per heavy atom. The first-order valence-electron chi connectivity index (χ1n) is 8.05. The van der Waals surface area contributed by atoms with Crippen molar-refractivity contribution in [3.05, 3.63) is 41.2 Å². The molecular formula is C19H19NO4. The maximum absolute atomic E-state index is 12.2. The summed E-state index contributed by atoms with van der Waals surface area (Å²) < 4.78 is 12.0. The Morgan fingerprint density at radius 1 is 1.29 bits per heavy atom. The molecule has 0 bridgehead atoms. The van der Waals surface area contributed by atoms with Crippen LogP contribution in [0.25, 0.3) is 21.7 Å². The predicted molar refractivity (Wildman–Crippen MR) is 91.5 cm³/mol. The van der Waals surface area contributed by atoms with Crippen molar-refractivity contribution < 1.29 is 19.1 Å². The molecule has 0 aliphatic carbocycles. The molecule has 0 amide bonds. The number of ether oxygens (including phenoxy) is 1. The van der Waals surface area contributed by atoms with Crippen LogP contribution >= 0.6 is 0 Å². The average molecular weight is 325 g/mol. The van der Waals surface area contributed by atoms with Crippen molar-refractivity contribution in [3.63, 3.8) is 0 Å². The minimum atomic E-state index is -0.0111. The summed E-state index contributed by atoms with van der Waals surface area (Å²) in [4.78, 5) is 14.2. The number of aliphatic hydroxyl groups is 1. The molecule has 0 saturated carbocycles. The maximum atomic E-state index is 12.2. The van der Waals surface area contributed by atoms with E-state index >= 15 is 0 Å². The van der Waals surface area contributed by atoms with Crippen molar-refractivity contribution in [2.75, 3.05) is 19.9 Å². The van der Waals surface area contributed by atoms with Gasteiger partial charge in [-0.2, -0.15) is 0 Å².